The van der Waals surface area contributed by atoms with Crippen molar-refractivity contribution in [3.63, 3.8) is 0 Å². The number of rotatable bonds is 5. The number of hydrogen-bond acceptors (Lipinski definition) is 3. The van der Waals surface area contributed by atoms with Crippen molar-refractivity contribution in [1.29, 1.82) is 0 Å². The number of halogens is 2. The molecule has 0 aliphatic heterocycles. The van der Waals surface area contributed by atoms with Crippen LogP contribution in [0.2, 0.25) is 5.02 Å². The number of nitrogens with one attached hydrogen (secondary N) is 1. The molecule has 0 amide bonds. The highest BCUT2D eigenvalue weighted by atomic mass is 35.5. The van der Waals surface area contributed by atoms with Crippen molar-refractivity contribution in [3.8, 4) is 0 Å². The van der Waals surface area contributed by atoms with Crippen molar-refractivity contribution >= 4 is 21.6 Å². The molecule has 3 N–H and O–H groups in total. The lowest BCUT2D eigenvalue weighted by atomic mass is 10.1. The number of nitrogens with two attached hydrogens (primary N) is 1. The van der Waals surface area contributed by atoms with Crippen LogP contribution in [0.3, 0.4) is 0 Å². The number of hydrogen-bond donors (Lipinski definition) is 2. The molecule has 0 saturated heterocycles. The Morgan fingerprint density at radius 1 is 1.14 bits per heavy atom. The summed E-state index contributed by atoms with van der Waals surface area (Å²) in [6.07, 6.45) is 0. The second kappa shape index (κ2) is 6.53. The van der Waals surface area contributed by atoms with Crippen molar-refractivity contribution in [3.05, 3.63) is 64.4 Å². The maximum Gasteiger partial charge on any atom is 0.242 e. The molecular formula is C14H14ClFN2O2S. The molecule has 0 aromatic heterocycles. The fourth-order valence-electron chi connectivity index (χ4n) is 1.87. The smallest absolute Gasteiger partial charge is 0.242 e. The molecule has 0 spiro atoms. The van der Waals surface area contributed by atoms with Crippen LogP contribution in [0.25, 0.3) is 0 Å². The Bertz CT molecular complexity index is 750. The van der Waals surface area contributed by atoms with Gasteiger partial charge in [0.2, 0.25) is 10.0 Å². The summed E-state index contributed by atoms with van der Waals surface area (Å²) >= 11 is 5.78. The zero-order chi connectivity index (χ0) is 15.5. The highest BCUT2D eigenvalue weighted by Crippen LogP contribution is 2.22. The summed E-state index contributed by atoms with van der Waals surface area (Å²) in [4.78, 5) is -0.157. The first-order valence-corrected chi connectivity index (χ1v) is 8.01. The van der Waals surface area contributed by atoms with E-state index in [2.05, 4.69) is 4.72 Å². The highest BCUT2D eigenvalue weighted by molar-refractivity contribution is 7.89. The molecule has 0 unspecified atom stereocenters. The largest absolute Gasteiger partial charge is 0.326 e. The van der Waals surface area contributed by atoms with E-state index in [1.807, 2.05) is 12.1 Å². The molecule has 2 rings (SSSR count). The fraction of sp³-hybridized carbons (Fsp3) is 0.143. The summed E-state index contributed by atoms with van der Waals surface area (Å²) in [7, 11) is -3.82. The molecule has 0 atom stereocenters. The van der Waals surface area contributed by atoms with Gasteiger partial charge in [0.1, 0.15) is 10.7 Å². The van der Waals surface area contributed by atoms with Gasteiger partial charge in [0.15, 0.2) is 0 Å². The third kappa shape index (κ3) is 3.79. The van der Waals surface area contributed by atoms with E-state index in [4.69, 9.17) is 17.3 Å². The van der Waals surface area contributed by atoms with Gasteiger partial charge < -0.3 is 5.73 Å². The topological polar surface area (TPSA) is 72.2 Å². The van der Waals surface area contributed by atoms with Crippen LogP contribution in [-0.2, 0) is 23.1 Å². The van der Waals surface area contributed by atoms with Crippen LogP contribution in [-0.4, -0.2) is 8.42 Å². The maximum absolute atomic E-state index is 13.0. The molecule has 0 heterocycles. The molecule has 112 valence electrons. The van der Waals surface area contributed by atoms with E-state index in [0.29, 0.717) is 6.54 Å². The first kappa shape index (κ1) is 15.9. The van der Waals surface area contributed by atoms with Gasteiger partial charge in [-0.15, -0.1) is 0 Å². The number of sulfonamides is 1. The highest BCUT2D eigenvalue weighted by Gasteiger charge is 2.18. The summed E-state index contributed by atoms with van der Waals surface area (Å²) in [5.41, 5.74) is 7.23. The van der Waals surface area contributed by atoms with Gasteiger partial charge in [-0.2, -0.15) is 0 Å². The standard InChI is InChI=1S/C14H14ClFN2O2S/c15-13-7-12(16)5-6-14(13)21(19,20)18-9-11-4-2-1-3-10(11)8-17/h1-7,18H,8-9,17H2. The van der Waals surface area contributed by atoms with Gasteiger partial charge in [-0.3, -0.25) is 0 Å². The van der Waals surface area contributed by atoms with Gasteiger partial charge in [-0.05, 0) is 29.3 Å². The summed E-state index contributed by atoms with van der Waals surface area (Å²) in [5, 5.41) is -0.158. The van der Waals surface area contributed by atoms with Gasteiger partial charge in [0.25, 0.3) is 0 Å². The van der Waals surface area contributed by atoms with Crippen LogP contribution in [0.1, 0.15) is 11.1 Å². The Morgan fingerprint density at radius 3 is 2.43 bits per heavy atom. The van der Waals surface area contributed by atoms with Crippen molar-refractivity contribution in [2.45, 2.75) is 18.0 Å². The minimum absolute atomic E-state index is 0.0867. The minimum atomic E-state index is -3.82. The Hall–Kier alpha value is -1.47. The minimum Gasteiger partial charge on any atom is -0.326 e. The van der Waals surface area contributed by atoms with E-state index in [1.54, 1.807) is 12.1 Å². The van der Waals surface area contributed by atoms with E-state index < -0.39 is 15.8 Å². The number of benzene rings is 2. The Labute approximate surface area is 127 Å². The average molecular weight is 329 g/mol. The first-order valence-electron chi connectivity index (χ1n) is 6.15. The van der Waals surface area contributed by atoms with Crippen LogP contribution in [0, 0.1) is 5.82 Å². The summed E-state index contributed by atoms with van der Waals surface area (Å²) in [5.74, 6) is -0.590. The molecule has 2 aromatic rings. The third-order valence-electron chi connectivity index (χ3n) is 2.97. The van der Waals surface area contributed by atoms with E-state index in [1.165, 1.54) is 0 Å². The lowest BCUT2D eigenvalue weighted by Gasteiger charge is -2.11. The Kier molecular flexibility index (Phi) is 4.95. The van der Waals surface area contributed by atoms with Crippen molar-refractivity contribution in [2.24, 2.45) is 5.73 Å². The van der Waals surface area contributed by atoms with Crippen molar-refractivity contribution < 1.29 is 12.8 Å². The van der Waals surface area contributed by atoms with Gasteiger partial charge in [0.05, 0.1) is 5.02 Å². The van der Waals surface area contributed by atoms with E-state index >= 15 is 0 Å². The lowest BCUT2D eigenvalue weighted by Crippen LogP contribution is -2.24. The van der Waals surface area contributed by atoms with Crippen LogP contribution >= 0.6 is 11.6 Å². The Balaban J connectivity index is 2.22. The molecule has 4 nitrogen and oxygen atoms in total. The monoisotopic (exact) mass is 328 g/mol. The third-order valence-corrected chi connectivity index (χ3v) is 4.86. The summed E-state index contributed by atoms with van der Waals surface area (Å²) < 4.78 is 39.8. The maximum atomic E-state index is 13.0. The molecule has 0 bridgehead atoms. The Morgan fingerprint density at radius 2 is 1.81 bits per heavy atom. The normalized spacial score (nSPS) is 11.6. The molecule has 2 aromatic carbocycles. The zero-order valence-corrected chi connectivity index (χ0v) is 12.6. The quantitative estimate of drug-likeness (QED) is 0.885. The van der Waals surface area contributed by atoms with Crippen molar-refractivity contribution in [2.75, 3.05) is 0 Å². The van der Waals surface area contributed by atoms with Gasteiger partial charge >= 0.3 is 0 Å². The van der Waals surface area contributed by atoms with E-state index in [-0.39, 0.29) is 16.5 Å². The SMILES string of the molecule is NCc1ccccc1CNS(=O)(=O)c1ccc(F)cc1Cl. The second-order valence-corrected chi connectivity index (χ2v) is 6.51. The molecule has 7 heteroatoms. The summed E-state index contributed by atoms with van der Waals surface area (Å²) in [6.45, 7) is 0.401. The molecule has 21 heavy (non-hydrogen) atoms. The predicted molar refractivity (Wildman–Crippen MR) is 79.8 cm³/mol. The van der Waals surface area contributed by atoms with Gasteiger partial charge in [-0.1, -0.05) is 35.9 Å². The average Bonchev–Trinajstić information content (AvgIpc) is 2.45. The van der Waals surface area contributed by atoms with Gasteiger partial charge in [-0.25, -0.2) is 17.5 Å². The van der Waals surface area contributed by atoms with Crippen molar-refractivity contribution in [1.82, 2.24) is 4.72 Å². The first-order chi connectivity index (χ1) is 9.94. The predicted octanol–water partition coefficient (Wildman–Crippen LogP) is 2.42. The fourth-order valence-corrected chi connectivity index (χ4v) is 3.41. The van der Waals surface area contributed by atoms with E-state index in [0.717, 1.165) is 29.3 Å². The van der Waals surface area contributed by atoms with Crippen LogP contribution in [0.5, 0.6) is 0 Å². The molecule has 0 aliphatic rings. The van der Waals surface area contributed by atoms with Crippen LogP contribution in [0.4, 0.5) is 4.39 Å². The lowest BCUT2D eigenvalue weighted by molar-refractivity contribution is 0.580. The van der Waals surface area contributed by atoms with E-state index in [9.17, 15) is 12.8 Å². The second-order valence-electron chi connectivity index (χ2n) is 4.37. The van der Waals surface area contributed by atoms with Crippen LogP contribution < -0.4 is 10.5 Å². The molecular weight excluding hydrogens is 315 g/mol. The summed E-state index contributed by atoms with van der Waals surface area (Å²) in [6, 6.07) is 10.4. The zero-order valence-electron chi connectivity index (χ0n) is 11.0. The molecule has 0 aliphatic carbocycles. The van der Waals surface area contributed by atoms with Gasteiger partial charge in [0, 0.05) is 13.1 Å². The van der Waals surface area contributed by atoms with Crippen LogP contribution in [0.15, 0.2) is 47.4 Å². The molecule has 0 saturated carbocycles. The molecule has 0 fully saturated rings. The molecule has 0 radical (unpaired) electrons.